The summed E-state index contributed by atoms with van der Waals surface area (Å²) in [4.78, 5) is 11.5. The summed E-state index contributed by atoms with van der Waals surface area (Å²) in [6.07, 6.45) is 0. The van der Waals surface area contributed by atoms with Gasteiger partial charge >= 0.3 is 0 Å². The molecule has 0 unspecified atom stereocenters. The zero-order chi connectivity index (χ0) is 10.6. The van der Waals surface area contributed by atoms with E-state index in [-0.39, 0.29) is 5.91 Å². The molecule has 0 aromatic carbocycles. The van der Waals surface area contributed by atoms with Crippen LogP contribution < -0.4 is 10.6 Å². The van der Waals surface area contributed by atoms with Crippen LogP contribution in [0.25, 0.3) is 0 Å². The molecule has 0 bridgehead atoms. The van der Waals surface area contributed by atoms with E-state index in [1.165, 1.54) is 0 Å². The summed E-state index contributed by atoms with van der Waals surface area (Å²) in [5, 5.41) is 18.7. The second kappa shape index (κ2) is 4.03. The Morgan fingerprint density at radius 1 is 1.57 bits per heavy atom. The molecule has 0 fully saturated rings. The number of carbonyl (C=O) groups is 1. The molecular formula is C7H14N6O. The molecule has 3 N–H and O–H groups in total. The second-order valence-corrected chi connectivity index (χ2v) is 3.34. The summed E-state index contributed by atoms with van der Waals surface area (Å²) in [6, 6.07) is 0. The highest BCUT2D eigenvalue weighted by atomic mass is 16.2. The Bertz CT molecular complexity index is 293. The molecule has 1 heterocycles. The molecule has 1 aromatic rings. The van der Waals surface area contributed by atoms with Crippen molar-refractivity contribution in [2.75, 3.05) is 11.9 Å². The van der Waals surface area contributed by atoms with Crippen molar-refractivity contribution in [3.8, 4) is 0 Å². The third kappa shape index (κ3) is 2.41. The maximum atomic E-state index is 11.5. The minimum absolute atomic E-state index is 0.107. The first-order valence-corrected chi connectivity index (χ1v) is 4.36. The smallest absolute Gasteiger partial charge is 0.264 e. The average molecular weight is 198 g/mol. The molecule has 14 heavy (non-hydrogen) atoms. The number of anilines is 1. The van der Waals surface area contributed by atoms with E-state index in [2.05, 4.69) is 31.3 Å². The molecule has 0 radical (unpaired) electrons. The standard InChI is InChI=1S/C7H14N6O/c1-4-8-5(14)7(2,3)9-6-10-12-13-11-6/h4H2,1-3H3,(H,8,14)(H2,9,10,11,12,13). The monoisotopic (exact) mass is 198 g/mol. The summed E-state index contributed by atoms with van der Waals surface area (Å²) >= 11 is 0. The lowest BCUT2D eigenvalue weighted by molar-refractivity contribution is -0.124. The first-order chi connectivity index (χ1) is 6.56. The molecule has 7 heteroatoms. The molecule has 1 aromatic heterocycles. The van der Waals surface area contributed by atoms with Crippen LogP contribution in [0.2, 0.25) is 0 Å². The number of aromatic nitrogens is 4. The SMILES string of the molecule is CCNC(=O)C(C)(C)Nc1nn[nH]n1. The molecule has 78 valence electrons. The number of rotatable bonds is 4. The Labute approximate surface area is 81.7 Å². The minimum atomic E-state index is -0.750. The summed E-state index contributed by atoms with van der Waals surface area (Å²) in [5.41, 5.74) is -0.750. The third-order valence-corrected chi connectivity index (χ3v) is 1.67. The number of H-pyrrole nitrogens is 1. The van der Waals surface area contributed by atoms with Gasteiger partial charge in [-0.2, -0.15) is 5.21 Å². The third-order valence-electron chi connectivity index (χ3n) is 1.67. The van der Waals surface area contributed by atoms with Crippen molar-refractivity contribution in [1.29, 1.82) is 0 Å². The number of aromatic amines is 1. The van der Waals surface area contributed by atoms with Crippen LogP contribution in [0.3, 0.4) is 0 Å². The van der Waals surface area contributed by atoms with Crippen LogP contribution in [-0.4, -0.2) is 38.6 Å². The van der Waals surface area contributed by atoms with E-state index >= 15 is 0 Å². The number of hydrogen-bond donors (Lipinski definition) is 3. The maximum absolute atomic E-state index is 11.5. The van der Waals surface area contributed by atoms with Gasteiger partial charge in [-0.15, -0.1) is 5.10 Å². The van der Waals surface area contributed by atoms with Gasteiger partial charge in [0.15, 0.2) is 0 Å². The molecule has 7 nitrogen and oxygen atoms in total. The Morgan fingerprint density at radius 3 is 2.79 bits per heavy atom. The number of hydrogen-bond acceptors (Lipinski definition) is 5. The zero-order valence-corrected chi connectivity index (χ0v) is 8.46. The number of amides is 1. The summed E-state index contributed by atoms with van der Waals surface area (Å²) in [7, 11) is 0. The van der Waals surface area contributed by atoms with Crippen molar-refractivity contribution in [3.05, 3.63) is 0 Å². The van der Waals surface area contributed by atoms with Crippen molar-refractivity contribution in [3.63, 3.8) is 0 Å². The van der Waals surface area contributed by atoms with Gasteiger partial charge in [-0.3, -0.25) is 4.79 Å². The van der Waals surface area contributed by atoms with Gasteiger partial charge in [0.1, 0.15) is 5.54 Å². The number of likely N-dealkylation sites (N-methyl/N-ethyl adjacent to an activating group) is 1. The molecule has 1 amide bonds. The van der Waals surface area contributed by atoms with Crippen molar-refractivity contribution >= 4 is 11.9 Å². The Kier molecular flexibility index (Phi) is 3.00. The fraction of sp³-hybridized carbons (Fsp3) is 0.714. The quantitative estimate of drug-likeness (QED) is 0.607. The number of nitrogens with one attached hydrogen (secondary N) is 3. The normalized spacial score (nSPS) is 11.1. The van der Waals surface area contributed by atoms with Crippen LogP contribution in [0, 0.1) is 0 Å². The highest BCUT2D eigenvalue weighted by Gasteiger charge is 2.27. The summed E-state index contributed by atoms with van der Waals surface area (Å²) < 4.78 is 0. The molecule has 0 aliphatic heterocycles. The van der Waals surface area contributed by atoms with Gasteiger partial charge in [0.25, 0.3) is 5.95 Å². The molecule has 0 spiro atoms. The van der Waals surface area contributed by atoms with Crippen LogP contribution in [-0.2, 0) is 4.79 Å². The first kappa shape index (κ1) is 10.4. The topological polar surface area (TPSA) is 95.6 Å². The Balaban J connectivity index is 2.61. The van der Waals surface area contributed by atoms with E-state index < -0.39 is 5.54 Å². The van der Waals surface area contributed by atoms with Crippen LogP contribution >= 0.6 is 0 Å². The summed E-state index contributed by atoms with van der Waals surface area (Å²) in [6.45, 7) is 5.95. The van der Waals surface area contributed by atoms with Crippen LogP contribution in [0.5, 0.6) is 0 Å². The predicted octanol–water partition coefficient (Wildman–Crippen LogP) is -0.474. The number of carbonyl (C=O) groups excluding carboxylic acids is 1. The van der Waals surface area contributed by atoms with E-state index in [9.17, 15) is 4.79 Å². The maximum Gasteiger partial charge on any atom is 0.264 e. The molecule has 0 atom stereocenters. The largest absolute Gasteiger partial charge is 0.354 e. The van der Waals surface area contributed by atoms with E-state index in [1.807, 2.05) is 6.92 Å². The van der Waals surface area contributed by atoms with E-state index in [0.29, 0.717) is 12.5 Å². The van der Waals surface area contributed by atoms with Gasteiger partial charge in [-0.25, -0.2) is 0 Å². The average Bonchev–Trinajstić information content (AvgIpc) is 2.56. The molecule has 1 rings (SSSR count). The Hall–Kier alpha value is -1.66. The lowest BCUT2D eigenvalue weighted by Gasteiger charge is -2.23. The fourth-order valence-electron chi connectivity index (χ4n) is 0.933. The molecule has 0 aliphatic rings. The van der Waals surface area contributed by atoms with Crippen LogP contribution in [0.4, 0.5) is 5.95 Å². The van der Waals surface area contributed by atoms with E-state index in [0.717, 1.165) is 0 Å². The molecule has 0 saturated carbocycles. The van der Waals surface area contributed by atoms with E-state index in [4.69, 9.17) is 0 Å². The van der Waals surface area contributed by atoms with Gasteiger partial charge in [0, 0.05) is 6.54 Å². The Morgan fingerprint density at radius 2 is 2.29 bits per heavy atom. The van der Waals surface area contributed by atoms with E-state index in [1.54, 1.807) is 13.8 Å². The molecular weight excluding hydrogens is 184 g/mol. The zero-order valence-electron chi connectivity index (χ0n) is 8.46. The van der Waals surface area contributed by atoms with Crippen LogP contribution in [0.1, 0.15) is 20.8 Å². The predicted molar refractivity (Wildman–Crippen MR) is 50.6 cm³/mol. The second-order valence-electron chi connectivity index (χ2n) is 3.34. The van der Waals surface area contributed by atoms with Crippen LogP contribution in [0.15, 0.2) is 0 Å². The number of tetrazole rings is 1. The first-order valence-electron chi connectivity index (χ1n) is 4.36. The van der Waals surface area contributed by atoms with Crippen molar-refractivity contribution in [2.24, 2.45) is 0 Å². The summed E-state index contributed by atoms with van der Waals surface area (Å²) in [5.74, 6) is 0.200. The van der Waals surface area contributed by atoms with Crippen molar-refractivity contribution in [1.82, 2.24) is 25.9 Å². The van der Waals surface area contributed by atoms with Crippen molar-refractivity contribution < 1.29 is 4.79 Å². The lowest BCUT2D eigenvalue weighted by atomic mass is 10.1. The number of nitrogens with zero attached hydrogens (tertiary/aromatic N) is 3. The highest BCUT2D eigenvalue weighted by molar-refractivity contribution is 5.87. The van der Waals surface area contributed by atoms with Crippen molar-refractivity contribution in [2.45, 2.75) is 26.3 Å². The van der Waals surface area contributed by atoms with Gasteiger partial charge in [0.2, 0.25) is 5.91 Å². The van der Waals surface area contributed by atoms with Gasteiger partial charge in [-0.1, -0.05) is 5.10 Å². The molecule has 0 aliphatic carbocycles. The molecule has 0 saturated heterocycles. The minimum Gasteiger partial charge on any atom is -0.354 e. The fourth-order valence-corrected chi connectivity index (χ4v) is 0.933. The van der Waals surface area contributed by atoms with Gasteiger partial charge in [-0.05, 0) is 26.0 Å². The lowest BCUT2D eigenvalue weighted by Crippen LogP contribution is -2.48. The van der Waals surface area contributed by atoms with Gasteiger partial charge < -0.3 is 10.6 Å². The van der Waals surface area contributed by atoms with Gasteiger partial charge in [0.05, 0.1) is 0 Å². The highest BCUT2D eigenvalue weighted by Crippen LogP contribution is 2.08.